The highest BCUT2D eigenvalue weighted by molar-refractivity contribution is 5.79. The molecule has 0 bridgehead atoms. The predicted molar refractivity (Wildman–Crippen MR) is 78.6 cm³/mol. The van der Waals surface area contributed by atoms with Crippen molar-refractivity contribution in [1.29, 1.82) is 0 Å². The zero-order valence-corrected chi connectivity index (χ0v) is 12.2. The molecule has 1 saturated carbocycles. The topological polar surface area (TPSA) is 45.7 Å². The van der Waals surface area contributed by atoms with Crippen LogP contribution in [0, 0.1) is 17.6 Å². The molecule has 2 N–H and O–H groups in total. The van der Waals surface area contributed by atoms with Crippen LogP contribution in [0.5, 0.6) is 5.75 Å². The first kappa shape index (κ1) is 15.5. The minimum atomic E-state index is -0.903. The van der Waals surface area contributed by atoms with Crippen molar-refractivity contribution in [3.8, 4) is 5.75 Å². The van der Waals surface area contributed by atoms with E-state index >= 15 is 0 Å². The summed E-state index contributed by atoms with van der Waals surface area (Å²) in [5.74, 6) is 0.0368. The minimum absolute atomic E-state index is 0.315. The van der Waals surface area contributed by atoms with E-state index in [9.17, 15) is 8.78 Å². The Bertz CT molecular complexity index is 490. The van der Waals surface area contributed by atoms with Crippen LogP contribution in [-0.4, -0.2) is 32.2 Å². The molecule has 1 aromatic carbocycles. The number of hydrogen-bond acceptors (Lipinski definition) is 2. The van der Waals surface area contributed by atoms with Crippen molar-refractivity contribution >= 4 is 5.96 Å². The number of halogens is 2. The SMILES string of the molecule is CCNC(=NCC1CC1)NCCOc1ccc(F)c(F)c1. The van der Waals surface area contributed by atoms with Gasteiger partial charge in [-0.2, -0.15) is 0 Å². The molecule has 0 amide bonds. The summed E-state index contributed by atoms with van der Waals surface area (Å²) in [4.78, 5) is 4.48. The van der Waals surface area contributed by atoms with Crippen molar-refractivity contribution in [1.82, 2.24) is 10.6 Å². The van der Waals surface area contributed by atoms with E-state index in [1.54, 1.807) is 0 Å². The molecule has 0 aliphatic heterocycles. The van der Waals surface area contributed by atoms with E-state index in [1.807, 2.05) is 6.92 Å². The van der Waals surface area contributed by atoms with Crippen LogP contribution in [-0.2, 0) is 0 Å². The third-order valence-corrected chi connectivity index (χ3v) is 3.10. The lowest BCUT2D eigenvalue weighted by Gasteiger charge is -2.12. The van der Waals surface area contributed by atoms with E-state index in [4.69, 9.17) is 4.74 Å². The molecule has 0 heterocycles. The quantitative estimate of drug-likeness (QED) is 0.461. The van der Waals surface area contributed by atoms with Crippen LogP contribution < -0.4 is 15.4 Å². The van der Waals surface area contributed by atoms with Crippen LogP contribution in [0.3, 0.4) is 0 Å². The number of aliphatic imine (C=N–C) groups is 1. The Morgan fingerprint density at radius 3 is 2.76 bits per heavy atom. The molecule has 1 aliphatic rings. The molecule has 0 spiro atoms. The molecule has 116 valence electrons. The maximum Gasteiger partial charge on any atom is 0.191 e. The van der Waals surface area contributed by atoms with Crippen LogP contribution >= 0.6 is 0 Å². The standard InChI is InChI=1S/C15H21F2N3O/c1-2-18-15(20-10-11-3-4-11)19-7-8-21-12-5-6-13(16)14(17)9-12/h5-6,9,11H,2-4,7-8,10H2,1H3,(H2,18,19,20). The lowest BCUT2D eigenvalue weighted by molar-refractivity contribution is 0.318. The Labute approximate surface area is 123 Å². The van der Waals surface area contributed by atoms with Crippen LogP contribution in [0.25, 0.3) is 0 Å². The smallest absolute Gasteiger partial charge is 0.191 e. The predicted octanol–water partition coefficient (Wildman–Crippen LogP) is 2.31. The highest BCUT2D eigenvalue weighted by atomic mass is 19.2. The zero-order valence-electron chi connectivity index (χ0n) is 12.2. The summed E-state index contributed by atoms with van der Waals surface area (Å²) in [5, 5.41) is 6.30. The Kier molecular flexibility index (Phi) is 5.78. The second kappa shape index (κ2) is 7.81. The number of ether oxygens (including phenoxy) is 1. The summed E-state index contributed by atoms with van der Waals surface area (Å²) in [6.07, 6.45) is 2.53. The summed E-state index contributed by atoms with van der Waals surface area (Å²) >= 11 is 0. The zero-order chi connectivity index (χ0) is 15.1. The summed E-state index contributed by atoms with van der Waals surface area (Å²) in [6, 6.07) is 3.51. The van der Waals surface area contributed by atoms with Gasteiger partial charge in [-0.1, -0.05) is 0 Å². The monoisotopic (exact) mass is 297 g/mol. The molecular formula is C15H21F2N3O. The molecule has 6 heteroatoms. The van der Waals surface area contributed by atoms with Gasteiger partial charge in [-0.3, -0.25) is 4.99 Å². The molecular weight excluding hydrogens is 276 g/mol. The maximum absolute atomic E-state index is 13.0. The fourth-order valence-corrected chi connectivity index (χ4v) is 1.77. The van der Waals surface area contributed by atoms with Gasteiger partial charge in [0.1, 0.15) is 12.4 Å². The van der Waals surface area contributed by atoms with Gasteiger partial charge in [0.25, 0.3) is 0 Å². The summed E-state index contributed by atoms with van der Waals surface area (Å²) in [6.45, 7) is 4.53. The molecule has 1 aliphatic carbocycles. The van der Waals surface area contributed by atoms with Crippen molar-refractivity contribution in [3.05, 3.63) is 29.8 Å². The van der Waals surface area contributed by atoms with E-state index in [-0.39, 0.29) is 0 Å². The van der Waals surface area contributed by atoms with Crippen LogP contribution in [0.15, 0.2) is 23.2 Å². The average Bonchev–Trinajstić information content (AvgIpc) is 3.28. The molecule has 0 aromatic heterocycles. The largest absolute Gasteiger partial charge is 0.492 e. The number of rotatable bonds is 7. The van der Waals surface area contributed by atoms with Crippen LogP contribution in [0.4, 0.5) is 8.78 Å². The fraction of sp³-hybridized carbons (Fsp3) is 0.533. The van der Waals surface area contributed by atoms with Gasteiger partial charge in [-0.05, 0) is 37.8 Å². The molecule has 1 fully saturated rings. The van der Waals surface area contributed by atoms with E-state index in [0.29, 0.717) is 18.9 Å². The summed E-state index contributed by atoms with van der Waals surface area (Å²) < 4.78 is 31.1. The number of nitrogens with zero attached hydrogens (tertiary/aromatic N) is 1. The van der Waals surface area contributed by atoms with Gasteiger partial charge in [0.2, 0.25) is 0 Å². The normalized spacial score (nSPS) is 14.9. The number of nitrogens with one attached hydrogen (secondary N) is 2. The van der Waals surface area contributed by atoms with Crippen molar-refractivity contribution in [2.24, 2.45) is 10.9 Å². The fourth-order valence-electron chi connectivity index (χ4n) is 1.77. The molecule has 0 saturated heterocycles. The van der Waals surface area contributed by atoms with E-state index in [0.717, 1.165) is 37.1 Å². The second-order valence-corrected chi connectivity index (χ2v) is 5.01. The Hall–Kier alpha value is -1.85. The van der Waals surface area contributed by atoms with Gasteiger partial charge in [0.15, 0.2) is 17.6 Å². The Morgan fingerprint density at radius 2 is 2.10 bits per heavy atom. The second-order valence-electron chi connectivity index (χ2n) is 5.01. The average molecular weight is 297 g/mol. The van der Waals surface area contributed by atoms with Crippen molar-refractivity contribution in [3.63, 3.8) is 0 Å². The van der Waals surface area contributed by atoms with E-state index < -0.39 is 11.6 Å². The number of hydrogen-bond donors (Lipinski definition) is 2. The van der Waals surface area contributed by atoms with Gasteiger partial charge in [0, 0.05) is 19.2 Å². The third-order valence-electron chi connectivity index (χ3n) is 3.10. The Morgan fingerprint density at radius 1 is 1.29 bits per heavy atom. The van der Waals surface area contributed by atoms with Gasteiger partial charge in [-0.15, -0.1) is 0 Å². The van der Waals surface area contributed by atoms with Gasteiger partial charge in [-0.25, -0.2) is 8.78 Å². The highest BCUT2D eigenvalue weighted by Gasteiger charge is 2.20. The van der Waals surface area contributed by atoms with Gasteiger partial charge >= 0.3 is 0 Å². The highest BCUT2D eigenvalue weighted by Crippen LogP contribution is 2.28. The summed E-state index contributed by atoms with van der Waals surface area (Å²) in [5.41, 5.74) is 0. The molecule has 0 atom stereocenters. The summed E-state index contributed by atoms with van der Waals surface area (Å²) in [7, 11) is 0. The number of benzene rings is 1. The van der Waals surface area contributed by atoms with E-state index in [1.165, 1.54) is 18.9 Å². The number of guanidine groups is 1. The molecule has 0 unspecified atom stereocenters. The molecule has 21 heavy (non-hydrogen) atoms. The van der Waals surface area contributed by atoms with Crippen LogP contribution in [0.1, 0.15) is 19.8 Å². The van der Waals surface area contributed by atoms with Crippen molar-refractivity contribution in [2.45, 2.75) is 19.8 Å². The first-order valence-corrected chi connectivity index (χ1v) is 7.29. The minimum Gasteiger partial charge on any atom is -0.492 e. The lowest BCUT2D eigenvalue weighted by Crippen LogP contribution is -2.39. The molecule has 1 aromatic rings. The van der Waals surface area contributed by atoms with E-state index in [2.05, 4.69) is 15.6 Å². The first-order chi connectivity index (χ1) is 10.2. The molecule has 2 rings (SSSR count). The molecule has 0 radical (unpaired) electrons. The van der Waals surface area contributed by atoms with Crippen molar-refractivity contribution < 1.29 is 13.5 Å². The lowest BCUT2D eigenvalue weighted by atomic mass is 10.3. The van der Waals surface area contributed by atoms with Gasteiger partial charge < -0.3 is 15.4 Å². The first-order valence-electron chi connectivity index (χ1n) is 7.29. The van der Waals surface area contributed by atoms with Crippen LogP contribution in [0.2, 0.25) is 0 Å². The molecule has 4 nitrogen and oxygen atoms in total. The van der Waals surface area contributed by atoms with Crippen molar-refractivity contribution in [2.75, 3.05) is 26.2 Å². The third kappa shape index (κ3) is 5.57. The Balaban J connectivity index is 1.71. The van der Waals surface area contributed by atoms with Gasteiger partial charge in [0.05, 0.1) is 6.54 Å². The maximum atomic E-state index is 13.0.